The number of benzene rings is 5. The lowest BCUT2D eigenvalue weighted by molar-refractivity contribution is -0.305. The molecular formula is C43H46O7Si. The van der Waals surface area contributed by atoms with Crippen molar-refractivity contribution in [1.29, 1.82) is 0 Å². The molecule has 0 bridgehead atoms. The van der Waals surface area contributed by atoms with Crippen LogP contribution in [0.15, 0.2) is 152 Å². The lowest BCUT2D eigenvalue weighted by atomic mass is 9.98. The molecule has 0 saturated carbocycles. The lowest BCUT2D eigenvalue weighted by Crippen LogP contribution is -2.68. The summed E-state index contributed by atoms with van der Waals surface area (Å²) >= 11 is 0. The van der Waals surface area contributed by atoms with Crippen molar-refractivity contribution in [2.24, 2.45) is 0 Å². The van der Waals surface area contributed by atoms with Crippen LogP contribution < -0.4 is 10.4 Å². The van der Waals surface area contributed by atoms with E-state index < -0.39 is 45.0 Å². The molecule has 0 aliphatic carbocycles. The van der Waals surface area contributed by atoms with Crippen molar-refractivity contribution in [2.75, 3.05) is 6.61 Å². The molecule has 51 heavy (non-hydrogen) atoms. The molecule has 0 amide bonds. The van der Waals surface area contributed by atoms with Crippen LogP contribution in [-0.4, -0.2) is 56.7 Å². The fourth-order valence-electron chi connectivity index (χ4n) is 6.81. The van der Waals surface area contributed by atoms with Gasteiger partial charge in [0.15, 0.2) is 12.4 Å². The quantitative estimate of drug-likeness (QED) is 0.108. The van der Waals surface area contributed by atoms with Crippen molar-refractivity contribution in [3.05, 3.63) is 168 Å². The van der Waals surface area contributed by atoms with Crippen molar-refractivity contribution in [3.63, 3.8) is 0 Å². The molecule has 1 saturated heterocycles. The van der Waals surface area contributed by atoms with Gasteiger partial charge in [0.2, 0.25) is 0 Å². The number of esters is 1. The minimum absolute atomic E-state index is 0.0215. The van der Waals surface area contributed by atoms with E-state index in [9.17, 15) is 9.90 Å². The molecule has 264 valence electrons. The molecule has 7 nitrogen and oxygen atoms in total. The van der Waals surface area contributed by atoms with Crippen LogP contribution in [0.5, 0.6) is 0 Å². The average molecular weight is 703 g/mol. The van der Waals surface area contributed by atoms with E-state index >= 15 is 0 Å². The van der Waals surface area contributed by atoms with Gasteiger partial charge in [-0.05, 0) is 38.7 Å². The van der Waals surface area contributed by atoms with Crippen molar-refractivity contribution >= 4 is 24.7 Å². The van der Waals surface area contributed by atoms with Crippen LogP contribution in [0.1, 0.15) is 42.3 Å². The Morgan fingerprint density at radius 1 is 0.627 bits per heavy atom. The summed E-state index contributed by atoms with van der Waals surface area (Å²) in [6.45, 7) is 7.00. The van der Waals surface area contributed by atoms with E-state index in [0.29, 0.717) is 5.56 Å². The van der Waals surface area contributed by atoms with Gasteiger partial charge in [-0.25, -0.2) is 4.79 Å². The van der Waals surface area contributed by atoms with Gasteiger partial charge < -0.3 is 28.5 Å². The van der Waals surface area contributed by atoms with Gasteiger partial charge >= 0.3 is 5.97 Å². The van der Waals surface area contributed by atoms with Gasteiger partial charge in [0.25, 0.3) is 8.32 Å². The molecule has 6 rings (SSSR count). The van der Waals surface area contributed by atoms with Crippen molar-refractivity contribution in [2.45, 2.75) is 69.7 Å². The van der Waals surface area contributed by atoms with Gasteiger partial charge in [-0.3, -0.25) is 0 Å². The first-order chi connectivity index (χ1) is 24.8. The van der Waals surface area contributed by atoms with Gasteiger partial charge in [0, 0.05) is 0 Å². The van der Waals surface area contributed by atoms with Crippen molar-refractivity contribution in [1.82, 2.24) is 0 Å². The van der Waals surface area contributed by atoms with E-state index in [-0.39, 0.29) is 24.9 Å². The van der Waals surface area contributed by atoms with Crippen LogP contribution in [0.4, 0.5) is 0 Å². The summed E-state index contributed by atoms with van der Waals surface area (Å²) < 4.78 is 32.9. The smallest absolute Gasteiger partial charge is 0.338 e. The highest BCUT2D eigenvalue weighted by molar-refractivity contribution is 6.99. The SMILES string of the molecule is CC(C)(C)[Si](OC[C@H]1OC(O)[C@@H](OCc2ccccc2)[C@H](OCc2ccccc2)[C@H]1OC(=O)c1ccccc1)(c1ccccc1)c1ccccc1. The fraction of sp³-hybridized carbons (Fsp3) is 0.279. The van der Waals surface area contributed by atoms with Crippen molar-refractivity contribution in [3.8, 4) is 0 Å². The Bertz CT molecular complexity index is 1740. The first-order valence-corrected chi connectivity index (χ1v) is 19.3. The number of hydrogen-bond donors (Lipinski definition) is 1. The van der Waals surface area contributed by atoms with E-state index in [0.717, 1.165) is 21.5 Å². The molecule has 1 N–H and O–H groups in total. The third kappa shape index (κ3) is 8.56. The summed E-state index contributed by atoms with van der Waals surface area (Å²) in [5, 5.41) is 13.5. The molecule has 1 heterocycles. The Morgan fingerprint density at radius 3 is 1.53 bits per heavy atom. The lowest BCUT2D eigenvalue weighted by Gasteiger charge is -2.47. The maximum atomic E-state index is 13.8. The third-order valence-electron chi connectivity index (χ3n) is 9.31. The maximum Gasteiger partial charge on any atom is 0.338 e. The zero-order valence-electron chi connectivity index (χ0n) is 29.3. The zero-order valence-corrected chi connectivity index (χ0v) is 30.3. The first kappa shape index (κ1) is 36.4. The third-order valence-corrected chi connectivity index (χ3v) is 14.3. The summed E-state index contributed by atoms with van der Waals surface area (Å²) in [7, 11) is -3.03. The molecule has 1 aliphatic heterocycles. The molecule has 8 heteroatoms. The van der Waals surface area contributed by atoms with E-state index in [2.05, 4.69) is 45.0 Å². The number of rotatable bonds is 13. The predicted octanol–water partition coefficient (Wildman–Crippen LogP) is 6.68. The normalized spacial score (nSPS) is 20.8. The fourth-order valence-corrected chi connectivity index (χ4v) is 11.4. The molecule has 5 aromatic carbocycles. The second-order valence-corrected chi connectivity index (χ2v) is 18.1. The standard InChI is InChI=1S/C43H46O7Si/c1-43(2,3)51(35-25-15-7-16-26-35,36-27-17-8-18-28-36)48-31-37-38(50-41(44)34-23-13-6-14-24-34)39(46-29-32-19-9-4-10-20-32)40(42(45)49-37)47-30-33-21-11-5-12-22-33/h4-28,37-40,42,45H,29-31H2,1-3H3/t37-,38+,39-,40+,42?/m1/s1. The summed E-state index contributed by atoms with van der Waals surface area (Å²) in [6, 6.07) is 48.9. The summed E-state index contributed by atoms with van der Waals surface area (Å²) in [5.41, 5.74) is 2.23. The van der Waals surface area contributed by atoms with Crippen LogP contribution >= 0.6 is 0 Å². The Morgan fingerprint density at radius 2 is 1.06 bits per heavy atom. The minimum Gasteiger partial charge on any atom is -0.453 e. The van der Waals surface area contributed by atoms with Gasteiger partial charge in [0.1, 0.15) is 18.3 Å². The van der Waals surface area contributed by atoms with Gasteiger partial charge in [-0.2, -0.15) is 0 Å². The summed E-state index contributed by atoms with van der Waals surface area (Å²) in [5.74, 6) is -0.536. The van der Waals surface area contributed by atoms with E-state index in [1.165, 1.54) is 0 Å². The van der Waals surface area contributed by atoms with Crippen LogP contribution in [0.25, 0.3) is 0 Å². The van der Waals surface area contributed by atoms with Crippen LogP contribution in [0, 0.1) is 0 Å². The zero-order chi connectivity index (χ0) is 35.7. The number of aliphatic hydroxyl groups is 1. The Balaban J connectivity index is 1.38. The Hall–Kier alpha value is -4.41. The number of aliphatic hydroxyl groups excluding tert-OH is 1. The first-order valence-electron chi connectivity index (χ1n) is 17.4. The monoisotopic (exact) mass is 702 g/mol. The van der Waals surface area contributed by atoms with Gasteiger partial charge in [0.05, 0.1) is 25.4 Å². The highest BCUT2D eigenvalue weighted by Crippen LogP contribution is 2.38. The Kier molecular flexibility index (Phi) is 11.9. The number of hydrogen-bond acceptors (Lipinski definition) is 7. The highest BCUT2D eigenvalue weighted by Gasteiger charge is 2.54. The second-order valence-electron chi connectivity index (χ2n) is 13.8. The number of carbonyl (C=O) groups excluding carboxylic acids is 1. The van der Waals surface area contributed by atoms with Gasteiger partial charge in [-0.15, -0.1) is 0 Å². The number of carbonyl (C=O) groups is 1. The molecule has 1 unspecified atom stereocenters. The van der Waals surface area contributed by atoms with E-state index in [1.807, 2.05) is 103 Å². The topological polar surface area (TPSA) is 83.5 Å². The van der Waals surface area contributed by atoms with E-state index in [4.69, 9.17) is 23.4 Å². The summed E-state index contributed by atoms with van der Waals surface area (Å²) in [6.07, 6.45) is -5.17. The van der Waals surface area contributed by atoms with Crippen LogP contribution in [0.2, 0.25) is 5.04 Å². The van der Waals surface area contributed by atoms with Crippen molar-refractivity contribution < 1.29 is 33.3 Å². The Labute approximate surface area is 301 Å². The largest absolute Gasteiger partial charge is 0.453 e. The minimum atomic E-state index is -3.03. The second kappa shape index (κ2) is 16.7. The molecule has 5 aromatic rings. The maximum absolute atomic E-state index is 13.8. The summed E-state index contributed by atoms with van der Waals surface area (Å²) in [4.78, 5) is 13.8. The molecule has 1 fully saturated rings. The molecule has 0 spiro atoms. The van der Waals surface area contributed by atoms with E-state index in [1.54, 1.807) is 24.3 Å². The molecular weight excluding hydrogens is 657 g/mol. The molecule has 5 atom stereocenters. The van der Waals surface area contributed by atoms with Crippen LogP contribution in [0.3, 0.4) is 0 Å². The molecule has 0 radical (unpaired) electrons. The average Bonchev–Trinajstić information content (AvgIpc) is 3.16. The van der Waals surface area contributed by atoms with Gasteiger partial charge in [-0.1, -0.05) is 160 Å². The van der Waals surface area contributed by atoms with Crippen LogP contribution in [-0.2, 0) is 36.6 Å². The number of ether oxygens (including phenoxy) is 4. The predicted molar refractivity (Wildman–Crippen MR) is 200 cm³/mol. The molecule has 1 aliphatic rings. The molecule has 0 aromatic heterocycles. The highest BCUT2D eigenvalue weighted by atomic mass is 28.4.